The maximum Gasteiger partial charge on any atom is 0.272 e. The normalized spacial score (nSPS) is 16.2. The summed E-state index contributed by atoms with van der Waals surface area (Å²) in [5.74, 6) is -0.0127. The van der Waals surface area contributed by atoms with Crippen molar-refractivity contribution in [3.8, 4) is 0 Å². The summed E-state index contributed by atoms with van der Waals surface area (Å²) in [5, 5.41) is 3.80. The summed E-state index contributed by atoms with van der Waals surface area (Å²) < 4.78 is 0. The molecule has 0 unspecified atom stereocenters. The number of pyridine rings is 1. The molecule has 1 amide bonds. The number of aryl methyl sites for hydroxylation is 1. The van der Waals surface area contributed by atoms with Crippen LogP contribution in [0.2, 0.25) is 5.02 Å². The summed E-state index contributed by atoms with van der Waals surface area (Å²) in [7, 11) is 0. The van der Waals surface area contributed by atoms with Crippen LogP contribution in [0.25, 0.3) is 0 Å². The van der Waals surface area contributed by atoms with Gasteiger partial charge < -0.3 is 10.2 Å². The molecule has 16 heavy (non-hydrogen) atoms. The molecule has 0 aromatic carbocycles. The van der Waals surface area contributed by atoms with Crippen molar-refractivity contribution in [3.05, 3.63) is 28.5 Å². The molecule has 1 saturated heterocycles. The van der Waals surface area contributed by atoms with E-state index in [0.29, 0.717) is 16.4 Å². The predicted octanol–water partition coefficient (Wildman–Crippen LogP) is 1.09. The van der Waals surface area contributed by atoms with Gasteiger partial charge in [-0.25, -0.2) is 4.98 Å². The molecule has 86 valence electrons. The average molecular weight is 240 g/mol. The predicted molar refractivity (Wildman–Crippen MR) is 62.8 cm³/mol. The highest BCUT2D eigenvalue weighted by Crippen LogP contribution is 2.14. The van der Waals surface area contributed by atoms with Crippen LogP contribution in [0.15, 0.2) is 12.1 Å². The number of hydrogen-bond acceptors (Lipinski definition) is 3. The monoisotopic (exact) mass is 239 g/mol. The van der Waals surface area contributed by atoms with Crippen LogP contribution in [0.4, 0.5) is 0 Å². The van der Waals surface area contributed by atoms with E-state index >= 15 is 0 Å². The second-order valence-corrected chi connectivity index (χ2v) is 4.21. The number of aromatic nitrogens is 1. The van der Waals surface area contributed by atoms with Gasteiger partial charge in [0, 0.05) is 26.2 Å². The standard InChI is InChI=1S/C11H14ClN3O/c1-8-9(12)2-3-10(14-8)11(16)15-6-4-13-5-7-15/h2-3,13H,4-7H2,1H3. The maximum absolute atomic E-state index is 12.1. The van der Waals surface area contributed by atoms with Crippen LogP contribution in [0.5, 0.6) is 0 Å². The number of nitrogens with one attached hydrogen (secondary N) is 1. The van der Waals surface area contributed by atoms with Crippen LogP contribution in [-0.4, -0.2) is 42.0 Å². The smallest absolute Gasteiger partial charge is 0.272 e. The summed E-state index contributed by atoms with van der Waals surface area (Å²) in [5.41, 5.74) is 1.17. The number of piperazine rings is 1. The molecule has 4 nitrogen and oxygen atoms in total. The molecule has 1 aliphatic heterocycles. The molecule has 5 heteroatoms. The number of halogens is 1. The Kier molecular flexibility index (Phi) is 3.41. The van der Waals surface area contributed by atoms with Crippen molar-refractivity contribution in [1.82, 2.24) is 15.2 Å². The third-order valence-electron chi connectivity index (χ3n) is 2.64. The van der Waals surface area contributed by atoms with Crippen molar-refractivity contribution in [1.29, 1.82) is 0 Å². The number of hydrogen-bond donors (Lipinski definition) is 1. The van der Waals surface area contributed by atoms with Gasteiger partial charge in [-0.15, -0.1) is 0 Å². The fraction of sp³-hybridized carbons (Fsp3) is 0.455. The highest BCUT2D eigenvalue weighted by atomic mass is 35.5. The van der Waals surface area contributed by atoms with Gasteiger partial charge in [-0.2, -0.15) is 0 Å². The van der Waals surface area contributed by atoms with Crippen LogP contribution in [0.3, 0.4) is 0 Å². The molecule has 2 rings (SSSR count). The Bertz CT molecular complexity index is 402. The minimum Gasteiger partial charge on any atom is -0.335 e. The first-order chi connectivity index (χ1) is 7.68. The molecular formula is C11H14ClN3O. The lowest BCUT2D eigenvalue weighted by molar-refractivity contribution is 0.0729. The lowest BCUT2D eigenvalue weighted by Gasteiger charge is -2.27. The Balaban J connectivity index is 2.16. The zero-order valence-corrected chi connectivity index (χ0v) is 9.92. The molecule has 0 radical (unpaired) electrons. The minimum atomic E-state index is -0.0127. The fourth-order valence-corrected chi connectivity index (χ4v) is 1.80. The quantitative estimate of drug-likeness (QED) is 0.798. The third-order valence-corrected chi connectivity index (χ3v) is 3.04. The highest BCUT2D eigenvalue weighted by molar-refractivity contribution is 6.31. The second-order valence-electron chi connectivity index (χ2n) is 3.81. The van der Waals surface area contributed by atoms with E-state index in [2.05, 4.69) is 10.3 Å². The van der Waals surface area contributed by atoms with Crippen molar-refractivity contribution >= 4 is 17.5 Å². The van der Waals surface area contributed by atoms with Gasteiger partial charge >= 0.3 is 0 Å². The van der Waals surface area contributed by atoms with Crippen molar-refractivity contribution in [2.75, 3.05) is 26.2 Å². The molecule has 0 atom stereocenters. The number of carbonyl (C=O) groups excluding carboxylic acids is 1. The molecule has 0 aliphatic carbocycles. The van der Waals surface area contributed by atoms with E-state index in [1.54, 1.807) is 19.1 Å². The summed E-state index contributed by atoms with van der Waals surface area (Å²) in [6, 6.07) is 3.40. The molecule has 1 aromatic rings. The third kappa shape index (κ3) is 2.33. The van der Waals surface area contributed by atoms with E-state index in [1.165, 1.54) is 0 Å². The van der Waals surface area contributed by atoms with Crippen LogP contribution in [0, 0.1) is 6.92 Å². The lowest BCUT2D eigenvalue weighted by Crippen LogP contribution is -2.46. The van der Waals surface area contributed by atoms with Crippen molar-refractivity contribution in [2.24, 2.45) is 0 Å². The van der Waals surface area contributed by atoms with Gasteiger partial charge in [0.2, 0.25) is 0 Å². The first kappa shape index (κ1) is 11.4. The second kappa shape index (κ2) is 4.80. The zero-order chi connectivity index (χ0) is 11.5. The van der Waals surface area contributed by atoms with Gasteiger partial charge in [0.25, 0.3) is 5.91 Å². The number of rotatable bonds is 1. The van der Waals surface area contributed by atoms with Gasteiger partial charge in [0.05, 0.1) is 10.7 Å². The summed E-state index contributed by atoms with van der Waals surface area (Å²) >= 11 is 5.87. The summed E-state index contributed by atoms with van der Waals surface area (Å²) in [4.78, 5) is 18.1. The van der Waals surface area contributed by atoms with Gasteiger partial charge in [-0.3, -0.25) is 4.79 Å². The summed E-state index contributed by atoms with van der Waals surface area (Å²) in [6.45, 7) is 4.97. The Morgan fingerprint density at radius 3 is 2.75 bits per heavy atom. The molecule has 0 bridgehead atoms. The van der Waals surface area contributed by atoms with Gasteiger partial charge in [-0.05, 0) is 19.1 Å². The first-order valence-corrected chi connectivity index (χ1v) is 5.69. The van der Waals surface area contributed by atoms with E-state index in [4.69, 9.17) is 11.6 Å². The SMILES string of the molecule is Cc1nc(C(=O)N2CCNCC2)ccc1Cl. The Labute approximate surface area is 99.6 Å². The molecule has 1 aromatic heterocycles. The topological polar surface area (TPSA) is 45.2 Å². The van der Waals surface area contributed by atoms with Crippen LogP contribution < -0.4 is 5.32 Å². The zero-order valence-electron chi connectivity index (χ0n) is 9.16. The van der Waals surface area contributed by atoms with E-state index in [0.717, 1.165) is 26.2 Å². The Morgan fingerprint density at radius 2 is 2.12 bits per heavy atom. The van der Waals surface area contributed by atoms with Gasteiger partial charge in [0.15, 0.2) is 0 Å². The molecule has 0 spiro atoms. The van der Waals surface area contributed by atoms with E-state index in [9.17, 15) is 4.79 Å². The van der Waals surface area contributed by atoms with Gasteiger partial charge in [-0.1, -0.05) is 11.6 Å². The molecule has 0 saturated carbocycles. The van der Waals surface area contributed by atoms with Crippen LogP contribution in [0.1, 0.15) is 16.2 Å². The van der Waals surface area contributed by atoms with E-state index < -0.39 is 0 Å². The van der Waals surface area contributed by atoms with Crippen molar-refractivity contribution < 1.29 is 4.79 Å². The van der Waals surface area contributed by atoms with E-state index in [-0.39, 0.29) is 5.91 Å². The molecule has 1 N–H and O–H groups in total. The first-order valence-electron chi connectivity index (χ1n) is 5.31. The van der Waals surface area contributed by atoms with Crippen LogP contribution >= 0.6 is 11.6 Å². The highest BCUT2D eigenvalue weighted by Gasteiger charge is 2.19. The largest absolute Gasteiger partial charge is 0.335 e. The number of amides is 1. The molecular weight excluding hydrogens is 226 g/mol. The van der Waals surface area contributed by atoms with Crippen molar-refractivity contribution in [2.45, 2.75) is 6.92 Å². The molecule has 1 fully saturated rings. The Hall–Kier alpha value is -1.13. The Morgan fingerprint density at radius 1 is 1.44 bits per heavy atom. The maximum atomic E-state index is 12.1. The molecule has 2 heterocycles. The lowest BCUT2D eigenvalue weighted by atomic mass is 10.2. The average Bonchev–Trinajstić information content (AvgIpc) is 2.33. The number of carbonyl (C=O) groups is 1. The van der Waals surface area contributed by atoms with Gasteiger partial charge in [0.1, 0.15) is 5.69 Å². The van der Waals surface area contributed by atoms with E-state index in [1.807, 2.05) is 4.90 Å². The summed E-state index contributed by atoms with van der Waals surface area (Å²) in [6.07, 6.45) is 0. The number of nitrogens with zero attached hydrogens (tertiary/aromatic N) is 2. The van der Waals surface area contributed by atoms with Crippen LogP contribution in [-0.2, 0) is 0 Å². The fourth-order valence-electron chi connectivity index (χ4n) is 1.69. The molecule has 1 aliphatic rings. The minimum absolute atomic E-state index is 0.0127. The van der Waals surface area contributed by atoms with Crippen molar-refractivity contribution in [3.63, 3.8) is 0 Å².